The van der Waals surface area contributed by atoms with Crippen molar-refractivity contribution >= 4 is 29.2 Å². The molecule has 0 saturated carbocycles. The largest absolute Gasteiger partial charge is 0.497 e. The predicted molar refractivity (Wildman–Crippen MR) is 135 cm³/mol. The summed E-state index contributed by atoms with van der Waals surface area (Å²) in [7, 11) is 3.35. The first-order valence-corrected chi connectivity index (χ1v) is 11.8. The fourth-order valence-electron chi connectivity index (χ4n) is 3.90. The van der Waals surface area contributed by atoms with Gasteiger partial charge in [-0.1, -0.05) is 18.2 Å². The molecule has 0 unspecified atom stereocenters. The van der Waals surface area contributed by atoms with Crippen LogP contribution < -0.4 is 19.1 Å². The monoisotopic (exact) mass is 463 g/mol. The van der Waals surface area contributed by atoms with Crippen LogP contribution in [0.25, 0.3) is 0 Å². The van der Waals surface area contributed by atoms with Crippen molar-refractivity contribution in [3.8, 4) is 11.5 Å². The van der Waals surface area contributed by atoms with Crippen LogP contribution in [0.1, 0.15) is 16.8 Å². The molecule has 0 spiro atoms. The Morgan fingerprint density at radius 1 is 0.879 bits per heavy atom. The minimum atomic E-state index is 0.0729. The molecular weight excluding hydrogens is 434 g/mol. The summed E-state index contributed by atoms with van der Waals surface area (Å²) in [6, 6.07) is 23.6. The number of ether oxygens (including phenoxy) is 2. The van der Waals surface area contributed by atoms with Crippen LogP contribution in [0.15, 0.2) is 77.7 Å². The van der Waals surface area contributed by atoms with E-state index in [0.29, 0.717) is 12.1 Å². The molecule has 1 fully saturated rings. The van der Waals surface area contributed by atoms with Crippen LogP contribution in [-0.4, -0.2) is 51.2 Å². The molecule has 0 bridgehead atoms. The third-order valence-electron chi connectivity index (χ3n) is 5.67. The minimum Gasteiger partial charge on any atom is -0.497 e. The Bertz CT molecular complexity index is 1070. The van der Waals surface area contributed by atoms with Gasteiger partial charge in [-0.2, -0.15) is 0 Å². The van der Waals surface area contributed by atoms with Gasteiger partial charge in [0, 0.05) is 42.3 Å². The Balaban J connectivity index is 1.38. The van der Waals surface area contributed by atoms with E-state index >= 15 is 0 Å². The Morgan fingerprint density at radius 2 is 1.70 bits per heavy atom. The number of rotatable bonds is 7. The number of carbonyl (C=O) groups is 1. The van der Waals surface area contributed by atoms with Gasteiger partial charge in [0.15, 0.2) is 0 Å². The number of benzene rings is 3. The van der Waals surface area contributed by atoms with Crippen molar-refractivity contribution in [2.75, 3.05) is 50.0 Å². The first kappa shape index (κ1) is 22.9. The van der Waals surface area contributed by atoms with E-state index in [1.54, 1.807) is 14.2 Å². The van der Waals surface area contributed by atoms with Crippen LogP contribution in [0, 0.1) is 0 Å². The summed E-state index contributed by atoms with van der Waals surface area (Å²) in [5, 5.41) is 0. The predicted octanol–water partition coefficient (Wildman–Crippen LogP) is 5.18. The maximum absolute atomic E-state index is 13.3. The number of methoxy groups -OCH3 is 2. The molecule has 172 valence electrons. The van der Waals surface area contributed by atoms with Crippen molar-refractivity contribution in [1.82, 2.24) is 4.90 Å². The zero-order chi connectivity index (χ0) is 23.0. The molecule has 1 saturated heterocycles. The quantitative estimate of drug-likeness (QED) is 0.488. The number of para-hydroxylation sites is 2. The van der Waals surface area contributed by atoms with Gasteiger partial charge in [0.2, 0.25) is 0 Å². The van der Waals surface area contributed by atoms with Crippen molar-refractivity contribution in [2.45, 2.75) is 11.3 Å². The van der Waals surface area contributed by atoms with Crippen molar-refractivity contribution in [2.24, 2.45) is 0 Å². The molecular formula is C26H29N3O3S. The maximum Gasteiger partial charge on any atom is 0.253 e. The third kappa shape index (κ3) is 5.73. The highest BCUT2D eigenvalue weighted by atomic mass is 32.2. The van der Waals surface area contributed by atoms with E-state index in [1.165, 1.54) is 11.9 Å². The molecule has 4 rings (SSSR count). The Morgan fingerprint density at radius 3 is 2.48 bits per heavy atom. The topological polar surface area (TPSA) is 54.0 Å². The van der Waals surface area contributed by atoms with Gasteiger partial charge >= 0.3 is 0 Å². The van der Waals surface area contributed by atoms with Gasteiger partial charge in [-0.15, -0.1) is 0 Å². The van der Waals surface area contributed by atoms with Crippen molar-refractivity contribution in [3.05, 3.63) is 78.4 Å². The molecule has 0 atom stereocenters. The molecule has 3 aromatic rings. The SMILES string of the molecule is COc1ccc(NSc2cccc(C(=O)N3CCCN(c4ccccc4OC)CC3)c2)cc1. The summed E-state index contributed by atoms with van der Waals surface area (Å²) in [6.07, 6.45) is 0.914. The van der Waals surface area contributed by atoms with Crippen molar-refractivity contribution < 1.29 is 14.3 Å². The highest BCUT2D eigenvalue weighted by Crippen LogP contribution is 2.29. The van der Waals surface area contributed by atoms with Crippen molar-refractivity contribution in [1.29, 1.82) is 0 Å². The van der Waals surface area contributed by atoms with Gasteiger partial charge < -0.3 is 24.0 Å². The van der Waals surface area contributed by atoms with E-state index in [4.69, 9.17) is 9.47 Å². The minimum absolute atomic E-state index is 0.0729. The first-order chi connectivity index (χ1) is 16.2. The molecule has 1 N–H and O–H groups in total. The van der Waals surface area contributed by atoms with Gasteiger partial charge in [-0.05, 0) is 73.0 Å². The maximum atomic E-state index is 13.3. The molecule has 7 heteroatoms. The molecule has 0 aromatic heterocycles. The zero-order valence-electron chi connectivity index (χ0n) is 19.0. The lowest BCUT2D eigenvalue weighted by Gasteiger charge is -2.25. The Kier molecular flexibility index (Phi) is 7.62. The number of amides is 1. The van der Waals surface area contributed by atoms with E-state index in [2.05, 4.69) is 15.7 Å². The highest BCUT2D eigenvalue weighted by molar-refractivity contribution is 8.00. The number of hydrogen-bond donors (Lipinski definition) is 1. The smallest absolute Gasteiger partial charge is 0.253 e. The second kappa shape index (κ2) is 11.0. The van der Waals surface area contributed by atoms with E-state index in [-0.39, 0.29) is 5.91 Å². The summed E-state index contributed by atoms with van der Waals surface area (Å²) in [5.74, 6) is 1.76. The van der Waals surface area contributed by atoms with E-state index in [9.17, 15) is 4.79 Å². The molecule has 1 heterocycles. The van der Waals surface area contributed by atoms with E-state index in [1.807, 2.05) is 71.6 Å². The van der Waals surface area contributed by atoms with Gasteiger partial charge in [0.1, 0.15) is 11.5 Å². The molecule has 1 aliphatic rings. The summed E-state index contributed by atoms with van der Waals surface area (Å²) in [5.41, 5.74) is 2.76. The first-order valence-electron chi connectivity index (χ1n) is 11.0. The number of carbonyl (C=O) groups excluding carboxylic acids is 1. The van der Waals surface area contributed by atoms with E-state index < -0.39 is 0 Å². The van der Waals surface area contributed by atoms with E-state index in [0.717, 1.165) is 53.8 Å². The molecule has 6 nitrogen and oxygen atoms in total. The van der Waals surface area contributed by atoms with Crippen molar-refractivity contribution in [3.63, 3.8) is 0 Å². The Labute approximate surface area is 199 Å². The number of nitrogens with one attached hydrogen (secondary N) is 1. The Hall–Kier alpha value is -3.32. The van der Waals surface area contributed by atoms with Gasteiger partial charge in [-0.3, -0.25) is 4.79 Å². The second-order valence-corrected chi connectivity index (χ2v) is 8.64. The van der Waals surface area contributed by atoms with Gasteiger partial charge in [0.25, 0.3) is 5.91 Å². The van der Waals surface area contributed by atoms with Gasteiger partial charge in [-0.25, -0.2) is 0 Å². The average Bonchev–Trinajstić information content (AvgIpc) is 3.14. The van der Waals surface area contributed by atoms with Gasteiger partial charge in [0.05, 0.1) is 19.9 Å². The van der Waals surface area contributed by atoms with Crippen LogP contribution in [0.4, 0.5) is 11.4 Å². The second-order valence-electron chi connectivity index (χ2n) is 7.77. The summed E-state index contributed by atoms with van der Waals surface area (Å²) < 4.78 is 14.0. The normalized spacial score (nSPS) is 13.9. The third-order valence-corrected chi connectivity index (χ3v) is 6.49. The fourth-order valence-corrected chi connectivity index (χ4v) is 4.61. The zero-order valence-corrected chi connectivity index (χ0v) is 19.8. The molecule has 33 heavy (non-hydrogen) atoms. The molecule has 1 amide bonds. The number of nitrogens with zero attached hydrogens (tertiary/aromatic N) is 2. The van der Waals surface area contributed by atoms with Crippen LogP contribution in [-0.2, 0) is 0 Å². The number of hydrogen-bond acceptors (Lipinski definition) is 6. The molecule has 3 aromatic carbocycles. The molecule has 1 aliphatic heterocycles. The lowest BCUT2D eigenvalue weighted by Crippen LogP contribution is -2.35. The van der Waals surface area contributed by atoms with Crippen LogP contribution in [0.5, 0.6) is 11.5 Å². The van der Waals surface area contributed by atoms with Crippen LogP contribution in [0.2, 0.25) is 0 Å². The lowest BCUT2D eigenvalue weighted by atomic mass is 10.2. The highest BCUT2D eigenvalue weighted by Gasteiger charge is 2.22. The summed E-state index contributed by atoms with van der Waals surface area (Å²) in [4.78, 5) is 18.5. The van der Waals surface area contributed by atoms with Crippen LogP contribution in [0.3, 0.4) is 0 Å². The number of anilines is 2. The fraction of sp³-hybridized carbons (Fsp3) is 0.269. The summed E-state index contributed by atoms with van der Waals surface area (Å²) in [6.45, 7) is 3.09. The molecule has 0 radical (unpaired) electrons. The standard InChI is InChI=1S/C26H29N3O3S/c1-31-22-13-11-21(12-14-22)27-33-23-8-5-7-20(19-23)26(30)29-16-6-15-28(17-18-29)24-9-3-4-10-25(24)32-2/h3-5,7-14,19,27H,6,15-18H2,1-2H3. The lowest BCUT2D eigenvalue weighted by molar-refractivity contribution is 0.0767. The van der Waals surface area contributed by atoms with Crippen LogP contribution >= 0.6 is 11.9 Å². The molecule has 0 aliphatic carbocycles. The summed E-state index contributed by atoms with van der Waals surface area (Å²) >= 11 is 1.49. The average molecular weight is 464 g/mol.